The lowest BCUT2D eigenvalue weighted by molar-refractivity contribution is -0.153. The molecule has 0 spiro atoms. The van der Waals surface area contributed by atoms with Gasteiger partial charge >= 0.3 is 5.97 Å². The zero-order valence-electron chi connectivity index (χ0n) is 6.83. The van der Waals surface area contributed by atoms with Crippen LogP contribution in [0.2, 0.25) is 0 Å². The molecule has 1 N–H and O–H groups in total. The summed E-state index contributed by atoms with van der Waals surface area (Å²) >= 11 is 0. The summed E-state index contributed by atoms with van der Waals surface area (Å²) in [6.07, 6.45) is -0.352. The molecule has 0 aromatic rings. The normalized spacial score (nSPS) is 24.1. The molecule has 0 radical (unpaired) electrons. The minimum atomic E-state index is -0.651. The summed E-state index contributed by atoms with van der Waals surface area (Å²) in [7, 11) is 1.29. The number of rotatable bonds is 1. The number of carbonyl (C=O) groups is 2. The van der Waals surface area contributed by atoms with Crippen molar-refractivity contribution in [3.8, 4) is 0 Å². The molecule has 0 saturated carbocycles. The van der Waals surface area contributed by atoms with E-state index in [0.717, 1.165) is 0 Å². The van der Waals surface area contributed by atoms with Gasteiger partial charge in [-0.1, -0.05) is 0 Å². The van der Waals surface area contributed by atoms with Gasteiger partial charge in [-0.2, -0.15) is 0 Å². The zero-order chi connectivity index (χ0) is 8.97. The Labute approximate surface area is 70.0 Å². The second-order valence-electron chi connectivity index (χ2n) is 2.44. The topological polar surface area (TPSA) is 64.6 Å². The van der Waals surface area contributed by atoms with Crippen LogP contribution >= 0.6 is 0 Å². The van der Waals surface area contributed by atoms with Crippen molar-refractivity contribution in [2.45, 2.75) is 12.5 Å². The van der Waals surface area contributed by atoms with Gasteiger partial charge in [-0.05, 0) is 0 Å². The van der Waals surface area contributed by atoms with E-state index in [1.807, 2.05) is 0 Å². The molecule has 5 heteroatoms. The Kier molecular flexibility index (Phi) is 3.04. The monoisotopic (exact) mass is 173 g/mol. The summed E-state index contributed by atoms with van der Waals surface area (Å²) in [6.45, 7) is 0.469. The predicted molar refractivity (Wildman–Crippen MR) is 39.4 cm³/mol. The average Bonchev–Trinajstić information content (AvgIpc) is 2.29. The maximum absolute atomic E-state index is 10.9. The Morgan fingerprint density at radius 3 is 3.17 bits per heavy atom. The third-order valence-corrected chi connectivity index (χ3v) is 1.60. The van der Waals surface area contributed by atoms with E-state index in [2.05, 4.69) is 10.1 Å². The van der Waals surface area contributed by atoms with Gasteiger partial charge in [-0.3, -0.25) is 4.79 Å². The summed E-state index contributed by atoms with van der Waals surface area (Å²) in [4.78, 5) is 21.7. The summed E-state index contributed by atoms with van der Waals surface area (Å²) in [6, 6.07) is 0. The first-order valence-corrected chi connectivity index (χ1v) is 3.70. The highest BCUT2D eigenvalue weighted by atomic mass is 16.6. The van der Waals surface area contributed by atoms with Crippen LogP contribution in [0.25, 0.3) is 0 Å². The van der Waals surface area contributed by atoms with E-state index in [9.17, 15) is 9.59 Å². The standard InChI is InChI=1S/C7H11NO4/c1-11-7(10)5-4-8-6(9)2-3-12-5/h5H,2-4H2,1H3,(H,8,9)/t5-/m1/s1. The molecule has 1 aliphatic heterocycles. The highest BCUT2D eigenvalue weighted by Crippen LogP contribution is 1.99. The smallest absolute Gasteiger partial charge is 0.336 e. The molecule has 0 bridgehead atoms. The fourth-order valence-electron chi connectivity index (χ4n) is 0.931. The van der Waals surface area contributed by atoms with Gasteiger partial charge in [0.15, 0.2) is 6.10 Å². The maximum Gasteiger partial charge on any atom is 0.336 e. The van der Waals surface area contributed by atoms with Crippen molar-refractivity contribution in [2.24, 2.45) is 0 Å². The lowest BCUT2D eigenvalue weighted by atomic mass is 10.3. The number of hydrogen-bond acceptors (Lipinski definition) is 4. The fourth-order valence-corrected chi connectivity index (χ4v) is 0.931. The van der Waals surface area contributed by atoms with Gasteiger partial charge in [-0.15, -0.1) is 0 Å². The van der Waals surface area contributed by atoms with Gasteiger partial charge in [0.2, 0.25) is 5.91 Å². The van der Waals surface area contributed by atoms with Gasteiger partial charge in [-0.25, -0.2) is 4.79 Å². The molecule has 0 aromatic carbocycles. The molecule has 1 saturated heterocycles. The van der Waals surface area contributed by atoms with E-state index in [1.54, 1.807) is 0 Å². The van der Waals surface area contributed by atoms with Gasteiger partial charge in [0.05, 0.1) is 20.3 Å². The van der Waals surface area contributed by atoms with Crippen LogP contribution in [-0.4, -0.2) is 38.2 Å². The lowest BCUT2D eigenvalue weighted by Gasteiger charge is -2.10. The fraction of sp³-hybridized carbons (Fsp3) is 0.714. The molecule has 1 aliphatic rings. The third kappa shape index (κ3) is 2.20. The van der Waals surface area contributed by atoms with E-state index in [1.165, 1.54) is 7.11 Å². The number of hydrogen-bond donors (Lipinski definition) is 1. The van der Waals surface area contributed by atoms with Crippen molar-refractivity contribution in [3.63, 3.8) is 0 Å². The molecular weight excluding hydrogens is 162 g/mol. The van der Waals surface area contributed by atoms with Crippen molar-refractivity contribution >= 4 is 11.9 Å². The zero-order valence-corrected chi connectivity index (χ0v) is 6.83. The van der Waals surface area contributed by atoms with Crippen LogP contribution < -0.4 is 5.32 Å². The summed E-state index contributed by atoms with van der Waals surface area (Å²) in [5, 5.41) is 2.55. The van der Waals surface area contributed by atoms with Crippen molar-refractivity contribution in [1.29, 1.82) is 0 Å². The highest BCUT2D eigenvalue weighted by Gasteiger charge is 2.23. The van der Waals surface area contributed by atoms with Crippen LogP contribution in [0.15, 0.2) is 0 Å². The molecule has 68 valence electrons. The molecular formula is C7H11NO4. The molecule has 0 unspecified atom stereocenters. The minimum Gasteiger partial charge on any atom is -0.467 e. The summed E-state index contributed by atoms with van der Waals surface area (Å²) in [5.74, 6) is -0.543. The highest BCUT2D eigenvalue weighted by molar-refractivity contribution is 5.79. The summed E-state index contributed by atoms with van der Waals surface area (Å²) < 4.78 is 9.53. The Balaban J connectivity index is 2.45. The summed E-state index contributed by atoms with van der Waals surface area (Å²) in [5.41, 5.74) is 0. The number of ether oxygens (including phenoxy) is 2. The Morgan fingerprint density at radius 1 is 1.75 bits per heavy atom. The van der Waals surface area contributed by atoms with Crippen LogP contribution in [0.4, 0.5) is 0 Å². The van der Waals surface area contributed by atoms with Crippen molar-refractivity contribution < 1.29 is 19.1 Å². The lowest BCUT2D eigenvalue weighted by Crippen LogP contribution is -2.35. The van der Waals surface area contributed by atoms with E-state index in [4.69, 9.17) is 4.74 Å². The number of amides is 1. The molecule has 5 nitrogen and oxygen atoms in total. The Morgan fingerprint density at radius 2 is 2.50 bits per heavy atom. The van der Waals surface area contributed by atoms with Crippen LogP contribution in [0.5, 0.6) is 0 Å². The largest absolute Gasteiger partial charge is 0.467 e. The second-order valence-corrected chi connectivity index (χ2v) is 2.44. The molecule has 1 rings (SSSR count). The molecule has 0 aromatic heterocycles. The van der Waals surface area contributed by atoms with Crippen LogP contribution in [0.1, 0.15) is 6.42 Å². The van der Waals surface area contributed by atoms with Crippen LogP contribution in [0.3, 0.4) is 0 Å². The number of nitrogens with one attached hydrogen (secondary N) is 1. The second kappa shape index (κ2) is 4.06. The molecule has 12 heavy (non-hydrogen) atoms. The number of esters is 1. The number of methoxy groups -OCH3 is 1. The number of carbonyl (C=O) groups excluding carboxylic acids is 2. The average molecular weight is 173 g/mol. The SMILES string of the molecule is COC(=O)[C@H]1CNC(=O)CCO1. The molecule has 1 amide bonds. The maximum atomic E-state index is 10.9. The Bertz CT molecular complexity index is 192. The first-order valence-electron chi connectivity index (χ1n) is 3.70. The van der Waals surface area contributed by atoms with E-state index < -0.39 is 12.1 Å². The van der Waals surface area contributed by atoms with Gasteiger partial charge < -0.3 is 14.8 Å². The third-order valence-electron chi connectivity index (χ3n) is 1.60. The van der Waals surface area contributed by atoms with Gasteiger partial charge in [0.25, 0.3) is 0 Å². The van der Waals surface area contributed by atoms with Crippen LogP contribution in [0, 0.1) is 0 Å². The molecule has 1 heterocycles. The predicted octanol–water partition coefficient (Wildman–Crippen LogP) is -0.935. The minimum absolute atomic E-state index is 0.0959. The molecule has 0 aliphatic carbocycles. The van der Waals surface area contributed by atoms with Gasteiger partial charge in [0.1, 0.15) is 0 Å². The first-order chi connectivity index (χ1) is 5.74. The van der Waals surface area contributed by atoms with Crippen molar-refractivity contribution in [3.05, 3.63) is 0 Å². The van der Waals surface area contributed by atoms with Crippen LogP contribution in [-0.2, 0) is 19.1 Å². The van der Waals surface area contributed by atoms with Crippen molar-refractivity contribution in [2.75, 3.05) is 20.3 Å². The molecule has 1 atom stereocenters. The first kappa shape index (κ1) is 8.99. The van der Waals surface area contributed by atoms with Gasteiger partial charge in [0, 0.05) is 6.42 Å². The van der Waals surface area contributed by atoms with E-state index in [-0.39, 0.29) is 19.1 Å². The van der Waals surface area contributed by atoms with E-state index in [0.29, 0.717) is 6.42 Å². The van der Waals surface area contributed by atoms with E-state index >= 15 is 0 Å². The quantitative estimate of drug-likeness (QED) is 0.520. The molecule has 1 fully saturated rings. The van der Waals surface area contributed by atoms with Crippen molar-refractivity contribution in [1.82, 2.24) is 5.32 Å². The Hall–Kier alpha value is -1.10.